The average molecular weight is 265 g/mol. The summed E-state index contributed by atoms with van der Waals surface area (Å²) in [5.74, 6) is 0.400. The van der Waals surface area contributed by atoms with Gasteiger partial charge in [0.2, 0.25) is 0 Å². The van der Waals surface area contributed by atoms with Gasteiger partial charge in [-0.15, -0.1) is 0 Å². The lowest BCUT2D eigenvalue weighted by Gasteiger charge is -2.27. The first kappa shape index (κ1) is 12.9. The molecule has 2 heteroatoms. The van der Waals surface area contributed by atoms with Crippen LogP contribution in [0.4, 0.5) is 0 Å². The second-order valence-corrected chi connectivity index (χ2v) is 5.64. The van der Waals surface area contributed by atoms with Crippen molar-refractivity contribution >= 4 is 5.71 Å². The molecule has 2 aromatic rings. The van der Waals surface area contributed by atoms with Crippen LogP contribution < -0.4 is 0 Å². The number of aryl methyl sites for hydroxylation is 2. The van der Waals surface area contributed by atoms with E-state index in [4.69, 9.17) is 0 Å². The number of nitrogens with zero attached hydrogens (tertiary/aromatic N) is 1. The van der Waals surface area contributed by atoms with Crippen LogP contribution in [0, 0.1) is 13.8 Å². The molecule has 0 radical (unpaired) electrons. The fraction of sp³-hybridized carbons (Fsp3) is 0.278. The van der Waals surface area contributed by atoms with Gasteiger partial charge in [-0.3, -0.25) is 0 Å². The molecule has 0 amide bonds. The SMILES string of the molecule is Cc1ccc([C@H]2CC/C(=N/O)c3cc(C)ccc32)cc1. The Morgan fingerprint density at radius 1 is 1.00 bits per heavy atom. The Labute approximate surface area is 119 Å². The lowest BCUT2D eigenvalue weighted by molar-refractivity contribution is 0.317. The third-order valence-corrected chi connectivity index (χ3v) is 4.17. The molecule has 1 N–H and O–H groups in total. The normalized spacial score (nSPS) is 19.9. The summed E-state index contributed by atoms with van der Waals surface area (Å²) in [5.41, 5.74) is 7.02. The van der Waals surface area contributed by atoms with E-state index in [9.17, 15) is 5.21 Å². The summed E-state index contributed by atoms with van der Waals surface area (Å²) >= 11 is 0. The molecule has 102 valence electrons. The van der Waals surface area contributed by atoms with E-state index in [1.165, 1.54) is 22.3 Å². The van der Waals surface area contributed by atoms with Crippen LogP contribution in [0.2, 0.25) is 0 Å². The van der Waals surface area contributed by atoms with Crippen molar-refractivity contribution in [1.29, 1.82) is 0 Å². The van der Waals surface area contributed by atoms with Crippen molar-refractivity contribution in [2.45, 2.75) is 32.6 Å². The largest absolute Gasteiger partial charge is 0.411 e. The average Bonchev–Trinajstić information content (AvgIpc) is 2.47. The van der Waals surface area contributed by atoms with Gasteiger partial charge in [-0.25, -0.2) is 0 Å². The van der Waals surface area contributed by atoms with E-state index in [0.717, 1.165) is 24.1 Å². The van der Waals surface area contributed by atoms with Gasteiger partial charge in [-0.2, -0.15) is 0 Å². The monoisotopic (exact) mass is 265 g/mol. The molecule has 1 aliphatic rings. The van der Waals surface area contributed by atoms with Crippen molar-refractivity contribution in [3.8, 4) is 0 Å². The molecule has 2 nitrogen and oxygen atoms in total. The van der Waals surface area contributed by atoms with E-state index in [0.29, 0.717) is 5.92 Å². The number of hydrogen-bond donors (Lipinski definition) is 1. The molecule has 0 aliphatic heterocycles. The van der Waals surface area contributed by atoms with Crippen molar-refractivity contribution in [1.82, 2.24) is 0 Å². The quantitative estimate of drug-likeness (QED) is 0.601. The van der Waals surface area contributed by atoms with Crippen molar-refractivity contribution in [3.05, 3.63) is 70.3 Å². The minimum Gasteiger partial charge on any atom is -0.411 e. The van der Waals surface area contributed by atoms with Gasteiger partial charge in [0.1, 0.15) is 0 Å². The van der Waals surface area contributed by atoms with E-state index in [2.05, 4.69) is 61.5 Å². The fourth-order valence-electron chi connectivity index (χ4n) is 3.04. The standard InChI is InChI=1S/C18H19NO/c1-12-3-6-14(7-4-12)15-9-10-18(19-20)17-11-13(2)5-8-16(15)17/h3-8,11,15,20H,9-10H2,1-2H3/b19-18-/t15-/m1/s1. The molecule has 0 heterocycles. The van der Waals surface area contributed by atoms with Crippen LogP contribution in [0.1, 0.15) is 46.6 Å². The van der Waals surface area contributed by atoms with Crippen LogP contribution in [0.25, 0.3) is 0 Å². The molecule has 2 aromatic carbocycles. The number of fused-ring (bicyclic) bond motifs is 1. The van der Waals surface area contributed by atoms with Gasteiger partial charge in [-0.1, -0.05) is 52.7 Å². The highest BCUT2D eigenvalue weighted by atomic mass is 16.4. The number of hydrogen-bond acceptors (Lipinski definition) is 2. The molecule has 0 bridgehead atoms. The Balaban J connectivity index is 2.10. The Bertz CT molecular complexity index is 656. The van der Waals surface area contributed by atoms with Crippen molar-refractivity contribution in [2.24, 2.45) is 5.16 Å². The topological polar surface area (TPSA) is 32.6 Å². The summed E-state index contributed by atoms with van der Waals surface area (Å²) in [6.45, 7) is 4.18. The van der Waals surface area contributed by atoms with E-state index in [-0.39, 0.29) is 0 Å². The molecular formula is C18H19NO. The fourth-order valence-corrected chi connectivity index (χ4v) is 3.04. The molecule has 1 atom stereocenters. The summed E-state index contributed by atoms with van der Waals surface area (Å²) in [4.78, 5) is 0. The first-order chi connectivity index (χ1) is 9.69. The smallest absolute Gasteiger partial charge is 0.0871 e. The van der Waals surface area contributed by atoms with E-state index >= 15 is 0 Å². The lowest BCUT2D eigenvalue weighted by atomic mass is 9.77. The second-order valence-electron chi connectivity index (χ2n) is 5.64. The Kier molecular flexibility index (Phi) is 3.31. The number of benzene rings is 2. The molecule has 0 saturated carbocycles. The minimum atomic E-state index is 0.400. The first-order valence-corrected chi connectivity index (χ1v) is 7.07. The highest BCUT2D eigenvalue weighted by Gasteiger charge is 2.25. The minimum absolute atomic E-state index is 0.400. The molecule has 0 unspecified atom stereocenters. The van der Waals surface area contributed by atoms with Crippen LogP contribution in [-0.2, 0) is 0 Å². The molecule has 0 spiro atoms. The Hall–Kier alpha value is -2.09. The summed E-state index contributed by atoms with van der Waals surface area (Å²) in [7, 11) is 0. The molecule has 0 fully saturated rings. The highest BCUT2D eigenvalue weighted by molar-refractivity contribution is 6.03. The predicted octanol–water partition coefficient (Wildman–Crippen LogP) is 4.41. The maximum Gasteiger partial charge on any atom is 0.0871 e. The van der Waals surface area contributed by atoms with Crippen molar-refractivity contribution < 1.29 is 5.21 Å². The Morgan fingerprint density at radius 2 is 1.70 bits per heavy atom. The molecule has 0 saturated heterocycles. The first-order valence-electron chi connectivity index (χ1n) is 7.07. The Morgan fingerprint density at radius 3 is 2.40 bits per heavy atom. The molecule has 20 heavy (non-hydrogen) atoms. The van der Waals surface area contributed by atoms with Crippen molar-refractivity contribution in [3.63, 3.8) is 0 Å². The van der Waals surface area contributed by atoms with Gasteiger partial charge in [0.15, 0.2) is 0 Å². The maximum absolute atomic E-state index is 9.21. The van der Waals surface area contributed by atoms with Gasteiger partial charge in [0.05, 0.1) is 5.71 Å². The van der Waals surface area contributed by atoms with E-state index < -0.39 is 0 Å². The third kappa shape index (κ3) is 2.22. The van der Waals surface area contributed by atoms with E-state index in [1.807, 2.05) is 0 Å². The zero-order valence-electron chi connectivity index (χ0n) is 11.9. The zero-order chi connectivity index (χ0) is 14.1. The zero-order valence-corrected chi connectivity index (χ0v) is 11.9. The third-order valence-electron chi connectivity index (χ3n) is 4.17. The summed E-state index contributed by atoms with van der Waals surface area (Å²) < 4.78 is 0. The van der Waals surface area contributed by atoms with Gasteiger partial charge in [-0.05, 0) is 43.9 Å². The number of rotatable bonds is 1. The van der Waals surface area contributed by atoms with Crippen LogP contribution in [-0.4, -0.2) is 10.9 Å². The van der Waals surface area contributed by atoms with Crippen LogP contribution in [0.3, 0.4) is 0 Å². The molecule has 3 rings (SSSR count). The molecule has 0 aromatic heterocycles. The lowest BCUT2D eigenvalue weighted by Crippen LogP contribution is -2.17. The summed E-state index contributed by atoms with van der Waals surface area (Å²) in [6, 6.07) is 15.2. The summed E-state index contributed by atoms with van der Waals surface area (Å²) in [5, 5.41) is 12.7. The van der Waals surface area contributed by atoms with Gasteiger partial charge < -0.3 is 5.21 Å². The summed E-state index contributed by atoms with van der Waals surface area (Å²) in [6.07, 6.45) is 1.82. The van der Waals surface area contributed by atoms with Gasteiger partial charge in [0.25, 0.3) is 0 Å². The van der Waals surface area contributed by atoms with Crippen molar-refractivity contribution in [2.75, 3.05) is 0 Å². The van der Waals surface area contributed by atoms with E-state index in [1.54, 1.807) is 0 Å². The van der Waals surface area contributed by atoms with Gasteiger partial charge in [0, 0.05) is 11.5 Å². The maximum atomic E-state index is 9.21. The van der Waals surface area contributed by atoms with Crippen LogP contribution in [0.5, 0.6) is 0 Å². The highest BCUT2D eigenvalue weighted by Crippen LogP contribution is 2.37. The number of oxime groups is 1. The van der Waals surface area contributed by atoms with Crippen LogP contribution >= 0.6 is 0 Å². The second kappa shape index (κ2) is 5.12. The molecular weight excluding hydrogens is 246 g/mol. The van der Waals surface area contributed by atoms with Crippen LogP contribution in [0.15, 0.2) is 47.6 Å². The molecule has 1 aliphatic carbocycles. The predicted molar refractivity (Wildman–Crippen MR) is 81.8 cm³/mol. The van der Waals surface area contributed by atoms with Gasteiger partial charge >= 0.3 is 0 Å².